The lowest BCUT2D eigenvalue weighted by Gasteiger charge is -2.25. The molecule has 2 heterocycles. The van der Waals surface area contributed by atoms with Crippen molar-refractivity contribution in [1.82, 2.24) is 9.88 Å². The van der Waals surface area contributed by atoms with Crippen molar-refractivity contribution in [2.24, 2.45) is 5.16 Å². The summed E-state index contributed by atoms with van der Waals surface area (Å²) in [7, 11) is 0. The third-order valence-corrected chi connectivity index (χ3v) is 3.49. The Hall–Kier alpha value is -0.550. The van der Waals surface area contributed by atoms with Crippen LogP contribution in [0, 0.1) is 0 Å². The van der Waals surface area contributed by atoms with E-state index in [4.69, 9.17) is 16.4 Å². The van der Waals surface area contributed by atoms with Crippen LogP contribution in [0.4, 0.5) is 0 Å². The van der Waals surface area contributed by atoms with E-state index in [-0.39, 0.29) is 24.8 Å². The SMILES string of the molecule is Cl.Cl.ClC(=NOCCCN1CCCCC1)c1cccnc1. The van der Waals surface area contributed by atoms with Crippen molar-refractivity contribution in [3.05, 3.63) is 30.1 Å². The molecule has 0 spiro atoms. The summed E-state index contributed by atoms with van der Waals surface area (Å²) in [6.07, 6.45) is 8.38. The van der Waals surface area contributed by atoms with Crippen LogP contribution in [0.1, 0.15) is 31.2 Å². The van der Waals surface area contributed by atoms with Crippen LogP contribution in [0.3, 0.4) is 0 Å². The van der Waals surface area contributed by atoms with Crippen LogP contribution in [0.5, 0.6) is 0 Å². The molecule has 0 aromatic carbocycles. The zero-order chi connectivity index (χ0) is 13.3. The molecule has 1 fully saturated rings. The van der Waals surface area contributed by atoms with Crippen LogP contribution in [0.2, 0.25) is 0 Å². The molecule has 0 atom stereocenters. The second kappa shape index (κ2) is 12.0. The van der Waals surface area contributed by atoms with Crippen LogP contribution < -0.4 is 0 Å². The molecule has 120 valence electrons. The van der Waals surface area contributed by atoms with Gasteiger partial charge in [0.1, 0.15) is 6.61 Å². The predicted molar refractivity (Wildman–Crippen MR) is 92.0 cm³/mol. The van der Waals surface area contributed by atoms with Crippen LogP contribution in [-0.2, 0) is 4.84 Å². The van der Waals surface area contributed by atoms with Gasteiger partial charge >= 0.3 is 0 Å². The summed E-state index contributed by atoms with van der Waals surface area (Å²) in [6.45, 7) is 4.13. The molecule has 1 saturated heterocycles. The van der Waals surface area contributed by atoms with Gasteiger partial charge in [-0.3, -0.25) is 4.98 Å². The number of aromatic nitrogens is 1. The number of likely N-dealkylation sites (tertiary alicyclic amines) is 1. The first-order valence-electron chi connectivity index (χ1n) is 6.84. The number of hydrogen-bond donors (Lipinski definition) is 0. The van der Waals surface area contributed by atoms with Crippen molar-refractivity contribution in [2.45, 2.75) is 25.7 Å². The maximum absolute atomic E-state index is 6.01. The van der Waals surface area contributed by atoms with Gasteiger partial charge in [-0.15, -0.1) is 24.8 Å². The van der Waals surface area contributed by atoms with Crippen molar-refractivity contribution in [3.8, 4) is 0 Å². The largest absolute Gasteiger partial charge is 0.395 e. The Kier molecular flexibility index (Phi) is 11.7. The van der Waals surface area contributed by atoms with Crippen LogP contribution in [0.15, 0.2) is 29.7 Å². The topological polar surface area (TPSA) is 37.7 Å². The molecule has 21 heavy (non-hydrogen) atoms. The number of hydrogen-bond acceptors (Lipinski definition) is 4. The molecule has 1 aliphatic rings. The van der Waals surface area contributed by atoms with Crippen LogP contribution in [-0.4, -0.2) is 41.3 Å². The van der Waals surface area contributed by atoms with E-state index < -0.39 is 0 Å². The average molecular weight is 355 g/mol. The first kappa shape index (κ1) is 20.5. The Labute approximate surface area is 143 Å². The molecule has 1 aliphatic heterocycles. The molecule has 4 nitrogen and oxygen atoms in total. The molecule has 0 radical (unpaired) electrons. The lowest BCUT2D eigenvalue weighted by atomic mass is 10.1. The molecule has 1 aromatic rings. The molecular weight excluding hydrogens is 333 g/mol. The number of piperidine rings is 1. The zero-order valence-electron chi connectivity index (χ0n) is 11.9. The first-order valence-corrected chi connectivity index (χ1v) is 7.22. The van der Waals surface area contributed by atoms with E-state index in [2.05, 4.69) is 15.0 Å². The fourth-order valence-corrected chi connectivity index (χ4v) is 2.34. The Morgan fingerprint density at radius 1 is 1.29 bits per heavy atom. The summed E-state index contributed by atoms with van der Waals surface area (Å²) in [4.78, 5) is 11.7. The normalized spacial score (nSPS) is 15.8. The Balaban J connectivity index is 0.00000200. The highest BCUT2D eigenvalue weighted by molar-refractivity contribution is 6.69. The van der Waals surface area contributed by atoms with E-state index >= 15 is 0 Å². The Morgan fingerprint density at radius 2 is 2.05 bits per heavy atom. The molecule has 0 amide bonds. The lowest BCUT2D eigenvalue weighted by Crippen LogP contribution is -2.31. The number of rotatable bonds is 6. The molecule has 7 heteroatoms. The van der Waals surface area contributed by atoms with Gasteiger partial charge in [-0.05, 0) is 44.5 Å². The lowest BCUT2D eigenvalue weighted by molar-refractivity contribution is 0.125. The maximum atomic E-state index is 6.01. The number of oxime groups is 1. The van der Waals surface area contributed by atoms with Gasteiger partial charge in [0.15, 0.2) is 5.17 Å². The van der Waals surface area contributed by atoms with E-state index in [0.717, 1.165) is 18.5 Å². The number of nitrogens with zero attached hydrogens (tertiary/aromatic N) is 3. The van der Waals surface area contributed by atoms with E-state index in [1.165, 1.54) is 32.4 Å². The third-order valence-electron chi connectivity index (χ3n) is 3.20. The minimum Gasteiger partial charge on any atom is -0.395 e. The van der Waals surface area contributed by atoms with Crippen molar-refractivity contribution < 1.29 is 4.84 Å². The highest BCUT2D eigenvalue weighted by atomic mass is 35.5. The zero-order valence-corrected chi connectivity index (χ0v) is 14.3. The summed E-state index contributed by atoms with van der Waals surface area (Å²) in [6, 6.07) is 3.68. The van der Waals surface area contributed by atoms with Gasteiger partial charge in [0.05, 0.1) is 0 Å². The fourth-order valence-electron chi connectivity index (χ4n) is 2.18. The summed E-state index contributed by atoms with van der Waals surface area (Å²) in [5.41, 5.74) is 0.778. The van der Waals surface area contributed by atoms with Gasteiger partial charge in [0.2, 0.25) is 0 Å². The fraction of sp³-hybridized carbons (Fsp3) is 0.571. The van der Waals surface area contributed by atoms with E-state index in [9.17, 15) is 0 Å². The second-order valence-electron chi connectivity index (χ2n) is 4.71. The standard InChI is InChI=1S/C14H20ClN3O.2ClH/c15-14(13-6-4-7-16-12-13)17-19-11-5-10-18-8-2-1-3-9-18;;/h4,6-7,12H,1-3,5,8-11H2;2*1H. The Bertz CT molecular complexity index is 398. The smallest absolute Gasteiger partial charge is 0.177 e. The highest BCUT2D eigenvalue weighted by Gasteiger charge is 2.08. The monoisotopic (exact) mass is 353 g/mol. The minimum absolute atomic E-state index is 0. The molecule has 0 aliphatic carbocycles. The number of pyridine rings is 1. The van der Waals surface area contributed by atoms with Crippen LogP contribution in [0.25, 0.3) is 0 Å². The highest BCUT2D eigenvalue weighted by Crippen LogP contribution is 2.09. The molecule has 0 N–H and O–H groups in total. The predicted octanol–water partition coefficient (Wildman–Crippen LogP) is 3.72. The van der Waals surface area contributed by atoms with Gasteiger partial charge in [-0.1, -0.05) is 23.2 Å². The molecule has 2 rings (SSSR count). The van der Waals surface area contributed by atoms with Gasteiger partial charge in [0.25, 0.3) is 0 Å². The summed E-state index contributed by atoms with van der Waals surface area (Å²) in [5.74, 6) is 0. The molecular formula is C14H22Cl3N3O. The van der Waals surface area contributed by atoms with Crippen molar-refractivity contribution in [3.63, 3.8) is 0 Å². The third kappa shape index (κ3) is 7.86. The van der Waals surface area contributed by atoms with Gasteiger partial charge in [-0.2, -0.15) is 0 Å². The molecule has 0 bridgehead atoms. The molecule has 0 saturated carbocycles. The molecule has 1 aromatic heterocycles. The van der Waals surface area contributed by atoms with Gasteiger partial charge in [0, 0.05) is 24.5 Å². The number of halogens is 3. The average Bonchev–Trinajstić information content (AvgIpc) is 2.49. The van der Waals surface area contributed by atoms with Gasteiger partial charge in [-0.25, -0.2) is 0 Å². The molecule has 0 unspecified atom stereocenters. The second-order valence-corrected chi connectivity index (χ2v) is 5.07. The summed E-state index contributed by atoms with van der Waals surface area (Å²) in [5, 5.41) is 4.25. The van der Waals surface area contributed by atoms with E-state index in [0.29, 0.717) is 11.8 Å². The van der Waals surface area contributed by atoms with Crippen molar-refractivity contribution in [1.29, 1.82) is 0 Å². The first-order chi connectivity index (χ1) is 9.36. The Morgan fingerprint density at radius 3 is 2.71 bits per heavy atom. The van der Waals surface area contributed by atoms with Crippen molar-refractivity contribution >= 4 is 41.6 Å². The summed E-state index contributed by atoms with van der Waals surface area (Å²) >= 11 is 6.01. The van der Waals surface area contributed by atoms with Crippen LogP contribution >= 0.6 is 36.4 Å². The van der Waals surface area contributed by atoms with Crippen molar-refractivity contribution in [2.75, 3.05) is 26.2 Å². The minimum atomic E-state index is 0. The quantitative estimate of drug-likeness (QED) is 0.444. The van der Waals surface area contributed by atoms with E-state index in [1.807, 2.05) is 12.1 Å². The van der Waals surface area contributed by atoms with E-state index in [1.54, 1.807) is 12.4 Å². The maximum Gasteiger partial charge on any atom is 0.177 e. The van der Waals surface area contributed by atoms with Gasteiger partial charge < -0.3 is 9.74 Å². The summed E-state index contributed by atoms with van der Waals surface area (Å²) < 4.78 is 0.